The second-order valence-electron chi connectivity index (χ2n) is 5.43. The van der Waals surface area contributed by atoms with Gasteiger partial charge in [0.25, 0.3) is 5.56 Å². The van der Waals surface area contributed by atoms with Crippen LogP contribution >= 0.6 is 0 Å². The number of aryl methyl sites for hydroxylation is 1. The van der Waals surface area contributed by atoms with Gasteiger partial charge in [-0.3, -0.25) is 18.7 Å². The third kappa shape index (κ3) is 4.18. The number of benzene rings is 1. The Kier molecular flexibility index (Phi) is 5.51. The molecule has 0 radical (unpaired) electrons. The fourth-order valence-corrected chi connectivity index (χ4v) is 2.26. The molecule has 0 aliphatic carbocycles. The molecule has 1 aromatic carbocycles. The first-order valence-electron chi connectivity index (χ1n) is 7.64. The molecule has 0 saturated heterocycles. The van der Waals surface area contributed by atoms with Gasteiger partial charge in [0.05, 0.1) is 6.54 Å². The van der Waals surface area contributed by atoms with Gasteiger partial charge in [-0.15, -0.1) is 0 Å². The minimum atomic E-state index is -0.479. The summed E-state index contributed by atoms with van der Waals surface area (Å²) in [6, 6.07) is 9.05. The van der Waals surface area contributed by atoms with Crippen molar-refractivity contribution in [1.29, 1.82) is 0 Å². The lowest BCUT2D eigenvalue weighted by molar-refractivity contribution is -0.121. The number of amides is 1. The van der Waals surface area contributed by atoms with Crippen LogP contribution in [-0.2, 0) is 17.9 Å². The first-order valence-corrected chi connectivity index (χ1v) is 7.64. The van der Waals surface area contributed by atoms with Gasteiger partial charge < -0.3 is 5.32 Å². The van der Waals surface area contributed by atoms with Gasteiger partial charge in [-0.2, -0.15) is 0 Å². The van der Waals surface area contributed by atoms with Gasteiger partial charge in [-0.05, 0) is 24.5 Å². The van der Waals surface area contributed by atoms with Crippen LogP contribution in [0.3, 0.4) is 0 Å². The molecule has 2 rings (SSSR count). The molecule has 6 nitrogen and oxygen atoms in total. The summed E-state index contributed by atoms with van der Waals surface area (Å²) < 4.78 is 2.40. The van der Waals surface area contributed by atoms with E-state index in [1.165, 1.54) is 16.8 Å². The molecule has 1 N–H and O–H groups in total. The van der Waals surface area contributed by atoms with Gasteiger partial charge in [-0.1, -0.05) is 31.2 Å². The standard InChI is InChI=1S/C17H21N3O3/c1-3-9-18-15(21)12-20-16(22)8-10-19(17(20)23)11-14-7-5-4-6-13(14)2/h4-8,10H,3,9,11-12H2,1-2H3,(H,18,21). The van der Waals surface area contributed by atoms with Gasteiger partial charge in [0.2, 0.25) is 5.91 Å². The Labute approximate surface area is 134 Å². The zero-order chi connectivity index (χ0) is 16.8. The summed E-state index contributed by atoms with van der Waals surface area (Å²) in [6.07, 6.45) is 2.27. The Morgan fingerprint density at radius 3 is 2.61 bits per heavy atom. The van der Waals surface area contributed by atoms with Gasteiger partial charge in [0, 0.05) is 18.8 Å². The molecular formula is C17H21N3O3. The molecule has 0 aliphatic heterocycles. The molecule has 0 unspecified atom stereocenters. The van der Waals surface area contributed by atoms with E-state index in [2.05, 4.69) is 5.32 Å². The van der Waals surface area contributed by atoms with Gasteiger partial charge in [0.15, 0.2) is 0 Å². The number of nitrogens with one attached hydrogen (secondary N) is 1. The minimum absolute atomic E-state index is 0.258. The maximum atomic E-state index is 12.5. The average Bonchev–Trinajstić information content (AvgIpc) is 2.54. The highest BCUT2D eigenvalue weighted by Crippen LogP contribution is 2.07. The number of nitrogens with zero attached hydrogens (tertiary/aromatic N) is 2. The van der Waals surface area contributed by atoms with Crippen LogP contribution in [-0.4, -0.2) is 21.6 Å². The summed E-state index contributed by atoms with van der Waals surface area (Å²) in [5.74, 6) is -0.334. The Morgan fingerprint density at radius 2 is 1.91 bits per heavy atom. The van der Waals surface area contributed by atoms with Crippen LogP contribution in [0.4, 0.5) is 0 Å². The summed E-state index contributed by atoms with van der Waals surface area (Å²) in [4.78, 5) is 36.1. The molecule has 0 fully saturated rings. The fourth-order valence-electron chi connectivity index (χ4n) is 2.26. The highest BCUT2D eigenvalue weighted by atomic mass is 16.2. The molecule has 0 saturated carbocycles. The number of hydrogen-bond acceptors (Lipinski definition) is 3. The molecule has 0 atom stereocenters. The fraction of sp³-hybridized carbons (Fsp3) is 0.353. The zero-order valence-electron chi connectivity index (χ0n) is 13.4. The van der Waals surface area contributed by atoms with E-state index in [-0.39, 0.29) is 12.5 Å². The van der Waals surface area contributed by atoms with E-state index in [1.54, 1.807) is 0 Å². The Morgan fingerprint density at radius 1 is 1.17 bits per heavy atom. The van der Waals surface area contributed by atoms with Crippen LogP contribution < -0.4 is 16.6 Å². The predicted octanol–water partition coefficient (Wildman–Crippen LogP) is 0.893. The molecule has 1 amide bonds. The van der Waals surface area contributed by atoms with Crippen molar-refractivity contribution < 1.29 is 4.79 Å². The molecule has 2 aromatic rings. The summed E-state index contributed by atoms with van der Waals surface area (Å²) in [6.45, 7) is 4.53. The van der Waals surface area contributed by atoms with Crippen molar-refractivity contribution in [3.63, 3.8) is 0 Å². The van der Waals surface area contributed by atoms with E-state index < -0.39 is 11.2 Å². The second-order valence-corrected chi connectivity index (χ2v) is 5.43. The molecule has 23 heavy (non-hydrogen) atoms. The van der Waals surface area contributed by atoms with Crippen LogP contribution in [0.1, 0.15) is 24.5 Å². The van der Waals surface area contributed by atoms with Crippen molar-refractivity contribution in [3.8, 4) is 0 Å². The molecule has 6 heteroatoms. The monoisotopic (exact) mass is 315 g/mol. The number of hydrogen-bond donors (Lipinski definition) is 1. The normalized spacial score (nSPS) is 10.5. The smallest absolute Gasteiger partial charge is 0.331 e. The summed E-state index contributed by atoms with van der Waals surface area (Å²) >= 11 is 0. The lowest BCUT2D eigenvalue weighted by Gasteiger charge is -2.11. The highest BCUT2D eigenvalue weighted by molar-refractivity contribution is 5.75. The maximum Gasteiger partial charge on any atom is 0.331 e. The van der Waals surface area contributed by atoms with Crippen molar-refractivity contribution in [3.05, 3.63) is 68.5 Å². The summed E-state index contributed by atoms with van der Waals surface area (Å²) in [5.41, 5.74) is 1.11. The number of rotatable bonds is 6. The Bertz CT molecular complexity index is 805. The van der Waals surface area contributed by atoms with Crippen LogP contribution in [0.15, 0.2) is 46.1 Å². The van der Waals surface area contributed by atoms with E-state index in [1.807, 2.05) is 38.1 Å². The van der Waals surface area contributed by atoms with Crippen molar-refractivity contribution in [2.45, 2.75) is 33.4 Å². The number of aromatic nitrogens is 2. The summed E-state index contributed by atoms with van der Waals surface area (Å²) in [5, 5.41) is 2.67. The zero-order valence-corrected chi connectivity index (χ0v) is 13.4. The molecule has 0 aliphatic rings. The van der Waals surface area contributed by atoms with Crippen LogP contribution in [0, 0.1) is 6.92 Å². The highest BCUT2D eigenvalue weighted by Gasteiger charge is 2.10. The molecule has 1 aromatic heterocycles. The SMILES string of the molecule is CCCNC(=O)Cn1c(=O)ccn(Cc2ccccc2C)c1=O. The second kappa shape index (κ2) is 7.58. The first kappa shape index (κ1) is 16.7. The van der Waals surface area contributed by atoms with E-state index in [0.717, 1.165) is 22.1 Å². The number of carbonyl (C=O) groups is 1. The lowest BCUT2D eigenvalue weighted by atomic mass is 10.1. The Balaban J connectivity index is 2.28. The molecule has 0 spiro atoms. The maximum absolute atomic E-state index is 12.5. The molecule has 1 heterocycles. The topological polar surface area (TPSA) is 73.1 Å². The van der Waals surface area contributed by atoms with Crippen LogP contribution in [0.25, 0.3) is 0 Å². The van der Waals surface area contributed by atoms with E-state index in [4.69, 9.17) is 0 Å². The molecular weight excluding hydrogens is 294 g/mol. The Hall–Kier alpha value is -2.63. The summed E-state index contributed by atoms with van der Waals surface area (Å²) in [7, 11) is 0. The van der Waals surface area contributed by atoms with Crippen molar-refractivity contribution >= 4 is 5.91 Å². The van der Waals surface area contributed by atoms with Crippen molar-refractivity contribution in [2.75, 3.05) is 6.54 Å². The van der Waals surface area contributed by atoms with Crippen LogP contribution in [0.2, 0.25) is 0 Å². The van der Waals surface area contributed by atoms with E-state index >= 15 is 0 Å². The van der Waals surface area contributed by atoms with Crippen molar-refractivity contribution in [2.24, 2.45) is 0 Å². The molecule has 0 bridgehead atoms. The first-order chi connectivity index (χ1) is 11.0. The predicted molar refractivity (Wildman–Crippen MR) is 88.5 cm³/mol. The lowest BCUT2D eigenvalue weighted by Crippen LogP contribution is -2.43. The van der Waals surface area contributed by atoms with E-state index in [0.29, 0.717) is 13.1 Å². The number of carbonyl (C=O) groups excluding carboxylic acids is 1. The largest absolute Gasteiger partial charge is 0.355 e. The van der Waals surface area contributed by atoms with E-state index in [9.17, 15) is 14.4 Å². The average molecular weight is 315 g/mol. The quantitative estimate of drug-likeness (QED) is 0.860. The van der Waals surface area contributed by atoms with Gasteiger partial charge in [0.1, 0.15) is 6.54 Å². The third-order valence-corrected chi connectivity index (χ3v) is 3.62. The van der Waals surface area contributed by atoms with Gasteiger partial charge >= 0.3 is 5.69 Å². The van der Waals surface area contributed by atoms with Crippen LogP contribution in [0.5, 0.6) is 0 Å². The third-order valence-electron chi connectivity index (χ3n) is 3.62. The van der Waals surface area contributed by atoms with Crippen molar-refractivity contribution in [1.82, 2.24) is 14.5 Å². The van der Waals surface area contributed by atoms with Gasteiger partial charge in [-0.25, -0.2) is 4.79 Å². The minimum Gasteiger partial charge on any atom is -0.355 e. The molecule has 122 valence electrons.